The largest absolute Gasteiger partial charge is 0.392 e. The van der Waals surface area contributed by atoms with Crippen molar-refractivity contribution in [2.45, 2.75) is 51.7 Å². The average Bonchev–Trinajstić information content (AvgIpc) is 2.80. The van der Waals surface area contributed by atoms with Gasteiger partial charge in [0.2, 0.25) is 0 Å². The lowest BCUT2D eigenvalue weighted by Crippen LogP contribution is -2.59. The van der Waals surface area contributed by atoms with E-state index in [1.807, 2.05) is 13.0 Å². The van der Waals surface area contributed by atoms with E-state index in [2.05, 4.69) is 6.92 Å². The molecule has 0 aromatic carbocycles. The number of hydrogen-bond donors (Lipinski definition) is 2. The summed E-state index contributed by atoms with van der Waals surface area (Å²) in [5.74, 6) is 0.223. The van der Waals surface area contributed by atoms with Gasteiger partial charge in [0.1, 0.15) is 5.78 Å². The number of Topliss-reactive ketones (excluding diaryl/α,β-unsaturated/α-hetero) is 1. The second kappa shape index (κ2) is 4.64. The van der Waals surface area contributed by atoms with Crippen LogP contribution in [0.15, 0.2) is 23.8 Å². The second-order valence-corrected chi connectivity index (χ2v) is 8.25. The predicted octanol–water partition coefficient (Wildman–Crippen LogP) is 1.80. The highest BCUT2D eigenvalue weighted by Gasteiger charge is 2.64. The highest BCUT2D eigenvalue weighted by molar-refractivity contribution is 6.01. The van der Waals surface area contributed by atoms with Crippen LogP contribution in [-0.2, 0) is 9.59 Å². The molecule has 0 radical (unpaired) electrons. The minimum atomic E-state index is -0.714. The maximum atomic E-state index is 12.4. The van der Waals surface area contributed by atoms with Crippen LogP contribution in [0.25, 0.3) is 0 Å². The zero-order chi connectivity index (χ0) is 16.6. The lowest BCUT2D eigenvalue weighted by Gasteiger charge is -2.58. The van der Waals surface area contributed by atoms with Gasteiger partial charge in [-0.05, 0) is 56.1 Å². The van der Waals surface area contributed by atoms with E-state index >= 15 is 0 Å². The molecule has 3 saturated carbocycles. The normalized spacial score (nSPS) is 51.8. The highest BCUT2D eigenvalue weighted by Crippen LogP contribution is 2.63. The fourth-order valence-corrected chi connectivity index (χ4v) is 5.93. The van der Waals surface area contributed by atoms with Gasteiger partial charge in [0, 0.05) is 11.8 Å². The van der Waals surface area contributed by atoms with Crippen molar-refractivity contribution in [1.29, 1.82) is 0 Å². The van der Waals surface area contributed by atoms with E-state index in [4.69, 9.17) is 0 Å². The van der Waals surface area contributed by atoms with E-state index in [9.17, 15) is 19.8 Å². The Morgan fingerprint density at radius 3 is 2.65 bits per heavy atom. The third kappa shape index (κ3) is 1.79. The third-order valence-corrected chi connectivity index (χ3v) is 7.40. The molecule has 124 valence electrons. The number of ketones is 2. The Hall–Kier alpha value is -1.26. The van der Waals surface area contributed by atoms with E-state index in [-0.39, 0.29) is 34.7 Å². The molecule has 0 aromatic heterocycles. The van der Waals surface area contributed by atoms with Gasteiger partial charge in [0.15, 0.2) is 5.78 Å². The van der Waals surface area contributed by atoms with Crippen LogP contribution in [-0.4, -0.2) is 34.0 Å². The van der Waals surface area contributed by atoms with Crippen molar-refractivity contribution in [3.63, 3.8) is 0 Å². The summed E-state index contributed by atoms with van der Waals surface area (Å²) in [6.45, 7) is 3.99. The second-order valence-electron chi connectivity index (χ2n) is 8.25. The highest BCUT2D eigenvalue weighted by atomic mass is 16.3. The van der Waals surface area contributed by atoms with Gasteiger partial charge >= 0.3 is 0 Å². The fraction of sp³-hybridized carbons (Fsp3) is 0.684. The molecule has 3 fully saturated rings. The first-order valence-corrected chi connectivity index (χ1v) is 8.62. The van der Waals surface area contributed by atoms with Gasteiger partial charge in [0.05, 0.1) is 17.6 Å². The molecule has 4 aliphatic rings. The fourth-order valence-electron chi connectivity index (χ4n) is 5.93. The summed E-state index contributed by atoms with van der Waals surface area (Å²) in [7, 11) is 0. The van der Waals surface area contributed by atoms with Gasteiger partial charge < -0.3 is 10.2 Å². The Bertz CT molecular complexity index is 648. The molecule has 2 N–H and O–H groups in total. The number of aliphatic hydroxyl groups is 2. The van der Waals surface area contributed by atoms with Gasteiger partial charge in [-0.25, -0.2) is 0 Å². The molecular formula is C19H24O4. The van der Waals surface area contributed by atoms with Crippen molar-refractivity contribution in [1.82, 2.24) is 0 Å². The van der Waals surface area contributed by atoms with Crippen LogP contribution in [0.4, 0.5) is 0 Å². The van der Waals surface area contributed by atoms with Crippen LogP contribution in [0.1, 0.15) is 39.5 Å². The van der Waals surface area contributed by atoms with Gasteiger partial charge in [-0.3, -0.25) is 9.59 Å². The third-order valence-electron chi connectivity index (χ3n) is 7.40. The van der Waals surface area contributed by atoms with E-state index in [0.717, 1.165) is 12.0 Å². The Labute approximate surface area is 136 Å². The lowest BCUT2D eigenvalue weighted by molar-refractivity contribution is -0.159. The number of carbonyl (C=O) groups is 2. The molecule has 2 unspecified atom stereocenters. The average molecular weight is 316 g/mol. The van der Waals surface area contributed by atoms with Gasteiger partial charge in [-0.2, -0.15) is 0 Å². The number of carbonyl (C=O) groups excluding carboxylic acids is 2. The molecule has 4 aliphatic carbocycles. The Morgan fingerprint density at radius 1 is 1.17 bits per heavy atom. The zero-order valence-electron chi connectivity index (χ0n) is 13.7. The molecule has 4 rings (SSSR count). The van der Waals surface area contributed by atoms with E-state index < -0.39 is 17.6 Å². The number of aliphatic hydroxyl groups excluding tert-OH is 2. The van der Waals surface area contributed by atoms with Gasteiger partial charge in [0.25, 0.3) is 0 Å². The predicted molar refractivity (Wildman–Crippen MR) is 84.4 cm³/mol. The smallest absolute Gasteiger partial charge is 0.178 e. The van der Waals surface area contributed by atoms with Crippen LogP contribution in [0.3, 0.4) is 0 Å². The molecule has 0 saturated heterocycles. The monoisotopic (exact) mass is 316 g/mol. The molecule has 4 heteroatoms. The summed E-state index contributed by atoms with van der Waals surface area (Å²) in [6.07, 6.45) is 6.26. The minimum absolute atomic E-state index is 0.00912. The molecule has 0 amide bonds. The van der Waals surface area contributed by atoms with Crippen LogP contribution in [0.2, 0.25) is 0 Å². The Morgan fingerprint density at radius 2 is 1.91 bits per heavy atom. The SMILES string of the molecule is C[C@]12C=CC(=O)C=C1CC(O)[C@@H]1[C@@H]2CC(O)[C@]2(C)C(=O)CC[C@@H]12. The first kappa shape index (κ1) is 15.3. The van der Waals surface area contributed by atoms with Crippen LogP contribution in [0.5, 0.6) is 0 Å². The van der Waals surface area contributed by atoms with E-state index in [1.165, 1.54) is 0 Å². The summed E-state index contributed by atoms with van der Waals surface area (Å²) in [4.78, 5) is 24.1. The van der Waals surface area contributed by atoms with Crippen molar-refractivity contribution in [2.75, 3.05) is 0 Å². The van der Waals surface area contributed by atoms with E-state index in [0.29, 0.717) is 19.3 Å². The topological polar surface area (TPSA) is 74.6 Å². The van der Waals surface area contributed by atoms with Crippen molar-refractivity contribution < 1.29 is 19.8 Å². The quantitative estimate of drug-likeness (QED) is 0.715. The molecular weight excluding hydrogens is 292 g/mol. The first-order chi connectivity index (χ1) is 10.8. The van der Waals surface area contributed by atoms with Gasteiger partial charge in [-0.1, -0.05) is 18.6 Å². The number of allylic oxidation sites excluding steroid dienone is 3. The molecule has 4 nitrogen and oxygen atoms in total. The summed E-state index contributed by atoms with van der Waals surface area (Å²) in [5.41, 5.74) is -0.0430. The zero-order valence-corrected chi connectivity index (χ0v) is 13.7. The maximum Gasteiger partial charge on any atom is 0.178 e. The van der Waals surface area contributed by atoms with Crippen molar-refractivity contribution >= 4 is 11.6 Å². The molecule has 0 bridgehead atoms. The van der Waals surface area contributed by atoms with Crippen molar-refractivity contribution in [3.8, 4) is 0 Å². The van der Waals surface area contributed by atoms with Gasteiger partial charge in [-0.15, -0.1) is 0 Å². The molecule has 0 spiro atoms. The van der Waals surface area contributed by atoms with Crippen molar-refractivity contribution in [2.24, 2.45) is 28.6 Å². The summed E-state index contributed by atoms with van der Waals surface area (Å²) < 4.78 is 0. The molecule has 0 heterocycles. The lowest BCUT2D eigenvalue weighted by atomic mass is 9.47. The van der Waals surface area contributed by atoms with Crippen molar-refractivity contribution in [3.05, 3.63) is 23.8 Å². The number of hydrogen-bond acceptors (Lipinski definition) is 4. The summed E-state index contributed by atoms with van der Waals surface area (Å²) >= 11 is 0. The molecule has 0 aliphatic heterocycles. The number of fused-ring (bicyclic) bond motifs is 5. The molecule has 7 atom stereocenters. The molecule has 0 aromatic rings. The summed E-state index contributed by atoms with van der Waals surface area (Å²) in [5, 5.41) is 21.6. The van der Waals surface area contributed by atoms with E-state index in [1.54, 1.807) is 12.2 Å². The van der Waals surface area contributed by atoms with Crippen LogP contribution in [0, 0.1) is 28.6 Å². The van der Waals surface area contributed by atoms with Crippen LogP contribution < -0.4 is 0 Å². The maximum absolute atomic E-state index is 12.4. The first-order valence-electron chi connectivity index (χ1n) is 8.62. The Kier molecular flexibility index (Phi) is 3.08. The number of rotatable bonds is 0. The summed E-state index contributed by atoms with van der Waals surface area (Å²) in [6, 6.07) is 0. The van der Waals surface area contributed by atoms with Crippen LogP contribution >= 0.6 is 0 Å². The standard InChI is InChI=1S/C19H24O4/c1-18-6-5-11(20)7-10(18)8-14(21)17-12-3-4-15(22)19(12,2)16(23)9-13(17)18/h5-7,12-14,16-17,21,23H,3-4,8-9H2,1-2H3/t12-,13-,14?,16?,17-,18-,19-/m0/s1. The Balaban J connectivity index is 1.80. The minimum Gasteiger partial charge on any atom is -0.392 e. The molecule has 23 heavy (non-hydrogen) atoms.